The smallest absolute Gasteiger partial charge is 0.323 e. The summed E-state index contributed by atoms with van der Waals surface area (Å²) in [5.74, 6) is -2.09. The molecule has 3 heterocycles. The summed E-state index contributed by atoms with van der Waals surface area (Å²) < 4.78 is 0. The van der Waals surface area contributed by atoms with E-state index in [4.69, 9.17) is 5.73 Å². The lowest BCUT2D eigenvalue weighted by Gasteiger charge is -2.30. The Bertz CT molecular complexity index is 1500. The van der Waals surface area contributed by atoms with Crippen LogP contribution >= 0.6 is 22.7 Å². The molecule has 1 saturated heterocycles. The van der Waals surface area contributed by atoms with Gasteiger partial charge in [-0.2, -0.15) is 0 Å². The summed E-state index contributed by atoms with van der Waals surface area (Å²) in [6.07, 6.45) is 0. The molecule has 1 aliphatic heterocycles. The molecule has 2 aromatic heterocycles. The van der Waals surface area contributed by atoms with Gasteiger partial charge in [-0.15, -0.1) is 22.7 Å². The Hall–Kier alpha value is -3.75. The molecule has 3 amide bonds. The van der Waals surface area contributed by atoms with Crippen molar-refractivity contribution in [3.8, 4) is 0 Å². The second-order valence-electron chi connectivity index (χ2n) is 11.2. The van der Waals surface area contributed by atoms with Crippen LogP contribution in [0.1, 0.15) is 64.0 Å². The number of benzene rings is 2. The van der Waals surface area contributed by atoms with E-state index < -0.39 is 35.9 Å². The quantitative estimate of drug-likeness (QED) is 0.241. The number of para-hydroxylation sites is 1. The van der Waals surface area contributed by atoms with Gasteiger partial charge in [0, 0.05) is 16.5 Å². The summed E-state index contributed by atoms with van der Waals surface area (Å²) in [7, 11) is 0. The van der Waals surface area contributed by atoms with Crippen molar-refractivity contribution in [1.82, 2.24) is 4.90 Å². The number of hydrogen-bond donors (Lipinski definition) is 2. The van der Waals surface area contributed by atoms with Gasteiger partial charge in [0.05, 0.1) is 16.8 Å². The fourth-order valence-electron chi connectivity index (χ4n) is 5.65. The molecule has 3 N–H and O–H groups in total. The van der Waals surface area contributed by atoms with E-state index in [1.165, 1.54) is 27.6 Å². The summed E-state index contributed by atoms with van der Waals surface area (Å²) in [6, 6.07) is 20.6. The molecule has 4 aromatic rings. The van der Waals surface area contributed by atoms with Crippen LogP contribution in [-0.2, 0) is 10.2 Å². The number of thiophene rings is 2. The highest BCUT2D eigenvalue weighted by Crippen LogP contribution is 2.53. The lowest BCUT2D eigenvalue weighted by molar-refractivity contribution is -0.122. The number of anilines is 1. The maximum atomic E-state index is 14.3. The average Bonchev–Trinajstić information content (AvgIpc) is 3.67. The first-order valence-electron chi connectivity index (χ1n) is 13.2. The van der Waals surface area contributed by atoms with Crippen LogP contribution in [0, 0.1) is 12.8 Å². The minimum atomic E-state index is -1.04. The number of nitrogens with one attached hydrogen (secondary N) is 1. The number of likely N-dealkylation sites (tertiary alicyclic amines) is 1. The SMILES string of the molecule is Cc1ccsc1C1C(C(=O)c2cccs2)C(c2ccc(C(C)(C)C)cc2)C(C(N)=O)N1C(=O)Nc1ccccc1. The number of primary amides is 1. The van der Waals surface area contributed by atoms with Gasteiger partial charge in [-0.25, -0.2) is 4.79 Å². The van der Waals surface area contributed by atoms with E-state index in [2.05, 4.69) is 26.1 Å². The van der Waals surface area contributed by atoms with E-state index in [0.29, 0.717) is 10.6 Å². The Morgan fingerprint density at radius 2 is 1.57 bits per heavy atom. The molecule has 4 unspecified atom stereocenters. The number of aryl methyl sites for hydroxylation is 1. The van der Waals surface area contributed by atoms with Crippen molar-refractivity contribution >= 4 is 46.1 Å². The van der Waals surface area contributed by atoms with Crippen LogP contribution in [0.15, 0.2) is 83.6 Å². The number of Topliss-reactive ketones (excluding diaryl/α,β-unsaturated/α-hetero) is 1. The molecule has 206 valence electrons. The van der Waals surface area contributed by atoms with E-state index in [-0.39, 0.29) is 11.2 Å². The summed E-state index contributed by atoms with van der Waals surface area (Å²) in [4.78, 5) is 44.7. The highest BCUT2D eigenvalue weighted by atomic mass is 32.1. The number of nitrogens with zero attached hydrogens (tertiary/aromatic N) is 1. The third-order valence-corrected chi connectivity index (χ3v) is 9.59. The minimum absolute atomic E-state index is 0.0678. The van der Waals surface area contributed by atoms with Crippen molar-refractivity contribution in [3.63, 3.8) is 0 Å². The fourth-order valence-corrected chi connectivity index (χ4v) is 7.43. The van der Waals surface area contributed by atoms with Crippen molar-refractivity contribution in [2.75, 3.05) is 5.32 Å². The molecule has 4 atom stereocenters. The van der Waals surface area contributed by atoms with Gasteiger partial charge in [0.25, 0.3) is 0 Å². The van der Waals surface area contributed by atoms with E-state index in [0.717, 1.165) is 21.6 Å². The fraction of sp³-hybridized carbons (Fsp3) is 0.281. The third kappa shape index (κ3) is 5.21. The largest absolute Gasteiger partial charge is 0.368 e. The molecule has 8 heteroatoms. The van der Waals surface area contributed by atoms with E-state index in [1.54, 1.807) is 18.2 Å². The van der Waals surface area contributed by atoms with Crippen molar-refractivity contribution in [2.45, 2.75) is 51.1 Å². The molecule has 2 aromatic carbocycles. The first-order chi connectivity index (χ1) is 19.1. The number of carbonyl (C=O) groups is 3. The molecule has 40 heavy (non-hydrogen) atoms. The number of hydrogen-bond acceptors (Lipinski definition) is 5. The first-order valence-corrected chi connectivity index (χ1v) is 15.0. The zero-order chi connectivity index (χ0) is 28.6. The van der Waals surface area contributed by atoms with Gasteiger partial charge in [0.2, 0.25) is 5.91 Å². The Balaban J connectivity index is 1.71. The van der Waals surface area contributed by atoms with Crippen LogP contribution in [-0.4, -0.2) is 28.7 Å². The van der Waals surface area contributed by atoms with Crippen molar-refractivity contribution < 1.29 is 14.4 Å². The number of ketones is 1. The van der Waals surface area contributed by atoms with Gasteiger partial charge in [0.15, 0.2) is 5.78 Å². The summed E-state index contributed by atoms with van der Waals surface area (Å²) in [6.45, 7) is 8.38. The predicted octanol–water partition coefficient (Wildman–Crippen LogP) is 7.14. The van der Waals surface area contributed by atoms with Gasteiger partial charge in [-0.05, 0) is 64.1 Å². The van der Waals surface area contributed by atoms with Gasteiger partial charge < -0.3 is 16.0 Å². The van der Waals surface area contributed by atoms with E-state index in [9.17, 15) is 14.4 Å². The second-order valence-corrected chi connectivity index (χ2v) is 13.1. The Morgan fingerprint density at radius 1 is 0.875 bits per heavy atom. The lowest BCUT2D eigenvalue weighted by atomic mass is 9.77. The van der Waals surface area contributed by atoms with Gasteiger partial charge >= 0.3 is 6.03 Å². The van der Waals surface area contributed by atoms with E-state index in [1.807, 2.05) is 72.3 Å². The Labute approximate surface area is 242 Å². The first kappa shape index (κ1) is 27.8. The maximum absolute atomic E-state index is 14.3. The van der Waals surface area contributed by atoms with Crippen molar-refractivity contribution in [2.24, 2.45) is 11.7 Å². The highest BCUT2D eigenvalue weighted by Gasteiger charge is 2.57. The molecule has 0 bridgehead atoms. The van der Waals surface area contributed by atoms with Gasteiger partial charge in [-0.3, -0.25) is 9.59 Å². The number of amides is 3. The number of carbonyl (C=O) groups excluding carboxylic acids is 3. The maximum Gasteiger partial charge on any atom is 0.323 e. The minimum Gasteiger partial charge on any atom is -0.368 e. The molecular weight excluding hydrogens is 539 g/mol. The van der Waals surface area contributed by atoms with Crippen molar-refractivity contribution in [3.05, 3.63) is 110 Å². The molecule has 0 aliphatic carbocycles. The molecule has 6 nitrogen and oxygen atoms in total. The molecule has 5 rings (SSSR count). The standard InChI is InChI=1S/C32H33N3O3S2/c1-19-16-18-40-29(19)26-25(28(36)23-11-8-17-39-23)24(20-12-14-21(15-13-20)32(2,3)4)27(30(33)37)35(26)31(38)34-22-9-6-5-7-10-22/h5-18,24-27H,1-4H3,(H2,33,37)(H,34,38). The number of nitrogens with two attached hydrogens (primary N) is 1. The third-order valence-electron chi connectivity index (χ3n) is 7.62. The molecule has 0 spiro atoms. The van der Waals surface area contributed by atoms with E-state index >= 15 is 0 Å². The summed E-state index contributed by atoms with van der Waals surface area (Å²) in [5, 5.41) is 6.77. The predicted molar refractivity (Wildman–Crippen MR) is 162 cm³/mol. The number of rotatable bonds is 6. The average molecular weight is 572 g/mol. The second kappa shape index (κ2) is 11.0. The summed E-state index contributed by atoms with van der Waals surface area (Å²) >= 11 is 2.85. The van der Waals surface area contributed by atoms with Crippen LogP contribution in [0.3, 0.4) is 0 Å². The molecule has 1 fully saturated rings. The highest BCUT2D eigenvalue weighted by molar-refractivity contribution is 7.12. The van der Waals surface area contributed by atoms with Crippen LogP contribution in [0.5, 0.6) is 0 Å². The van der Waals surface area contributed by atoms with Gasteiger partial charge in [-0.1, -0.05) is 69.3 Å². The van der Waals surface area contributed by atoms with Crippen LogP contribution in [0.25, 0.3) is 0 Å². The molecule has 0 radical (unpaired) electrons. The van der Waals surface area contributed by atoms with Gasteiger partial charge in [0.1, 0.15) is 6.04 Å². The summed E-state index contributed by atoms with van der Waals surface area (Å²) in [5.41, 5.74) is 9.54. The topological polar surface area (TPSA) is 92.5 Å². The zero-order valence-electron chi connectivity index (χ0n) is 23.0. The normalized spacial score (nSPS) is 20.9. The zero-order valence-corrected chi connectivity index (χ0v) is 24.6. The lowest BCUT2D eigenvalue weighted by Crippen LogP contribution is -2.48. The Morgan fingerprint density at radius 3 is 2.12 bits per heavy atom. The van der Waals surface area contributed by atoms with Crippen molar-refractivity contribution in [1.29, 1.82) is 0 Å². The van der Waals surface area contributed by atoms with Crippen LogP contribution < -0.4 is 11.1 Å². The Kier molecular flexibility index (Phi) is 7.66. The van der Waals surface area contributed by atoms with Crippen LogP contribution in [0.4, 0.5) is 10.5 Å². The number of urea groups is 1. The monoisotopic (exact) mass is 571 g/mol. The molecule has 0 saturated carbocycles. The van der Waals surface area contributed by atoms with Crippen LogP contribution in [0.2, 0.25) is 0 Å². The molecular formula is C32H33N3O3S2. The molecule has 1 aliphatic rings.